The fraction of sp³-hybridized carbons (Fsp3) is 0. The van der Waals surface area contributed by atoms with Crippen molar-refractivity contribution in [2.45, 2.75) is 9.79 Å². The molecule has 33 heavy (non-hydrogen) atoms. The minimum atomic E-state index is -0.245. The number of H-pyrrole nitrogens is 1. The van der Waals surface area contributed by atoms with Crippen molar-refractivity contribution in [1.82, 2.24) is 15.2 Å². The van der Waals surface area contributed by atoms with E-state index in [0.29, 0.717) is 10.6 Å². The Kier molecular flexibility index (Phi) is 6.03. The minimum absolute atomic E-state index is 0.245. The Morgan fingerprint density at radius 3 is 2.73 bits per heavy atom. The van der Waals surface area contributed by atoms with Gasteiger partial charge in [-0.15, -0.1) is 11.3 Å². The Hall–Kier alpha value is -3.72. The third-order valence-corrected chi connectivity index (χ3v) is 6.90. The third kappa shape index (κ3) is 4.58. The van der Waals surface area contributed by atoms with Crippen molar-refractivity contribution in [3.05, 3.63) is 101 Å². The molecule has 0 atom stereocenters. The molecule has 0 saturated carbocycles. The molecule has 3 heterocycles. The van der Waals surface area contributed by atoms with Crippen LogP contribution in [-0.4, -0.2) is 21.1 Å². The number of carbonyl (C=O) groups is 1. The van der Waals surface area contributed by atoms with Crippen LogP contribution in [-0.2, 0) is 0 Å². The Morgan fingerprint density at radius 2 is 1.91 bits per heavy atom. The zero-order chi connectivity index (χ0) is 22.6. The summed E-state index contributed by atoms with van der Waals surface area (Å²) >= 11 is 2.94. The summed E-state index contributed by atoms with van der Waals surface area (Å²) in [6.07, 6.45) is 5.65. The number of anilines is 1. The fourth-order valence-electron chi connectivity index (χ4n) is 3.35. The highest BCUT2D eigenvalue weighted by atomic mass is 32.2. The Bertz CT molecular complexity index is 1430. The number of benzene rings is 2. The predicted molar refractivity (Wildman–Crippen MR) is 135 cm³/mol. The number of pyridine rings is 1. The van der Waals surface area contributed by atoms with E-state index in [0.717, 1.165) is 32.1 Å². The lowest BCUT2D eigenvalue weighted by atomic mass is 10.2. The number of hydrogen-bond donors (Lipinski definition) is 2. The van der Waals surface area contributed by atoms with Gasteiger partial charge in [0.15, 0.2) is 0 Å². The average molecular weight is 470 g/mol. The first-order valence-corrected chi connectivity index (χ1v) is 11.9. The molecule has 0 saturated heterocycles. The lowest BCUT2D eigenvalue weighted by molar-refractivity contribution is 0.0984. The summed E-state index contributed by atoms with van der Waals surface area (Å²) in [5, 5.41) is 12.3. The van der Waals surface area contributed by atoms with E-state index in [4.69, 9.17) is 5.84 Å². The van der Waals surface area contributed by atoms with Crippen molar-refractivity contribution in [2.24, 2.45) is 5.84 Å². The third-order valence-electron chi connectivity index (χ3n) is 4.97. The topological polar surface area (TPSA) is 87.9 Å². The van der Waals surface area contributed by atoms with Gasteiger partial charge in [0.2, 0.25) is 0 Å². The van der Waals surface area contributed by atoms with Crippen LogP contribution in [0.1, 0.15) is 21.7 Å². The summed E-state index contributed by atoms with van der Waals surface area (Å²) in [6.45, 7) is 0. The van der Waals surface area contributed by atoms with Crippen LogP contribution in [0.15, 0.2) is 94.2 Å². The molecule has 0 aliphatic carbocycles. The molecule has 0 radical (unpaired) electrons. The predicted octanol–water partition coefficient (Wildman–Crippen LogP) is 5.86. The van der Waals surface area contributed by atoms with Crippen molar-refractivity contribution in [3.63, 3.8) is 0 Å². The second kappa shape index (κ2) is 9.41. The molecule has 0 unspecified atom stereocenters. The van der Waals surface area contributed by atoms with E-state index in [9.17, 15) is 4.79 Å². The van der Waals surface area contributed by atoms with Gasteiger partial charge in [-0.2, -0.15) is 5.10 Å². The molecule has 162 valence electrons. The maximum atomic E-state index is 13.0. The lowest BCUT2D eigenvalue weighted by Crippen LogP contribution is -2.37. The van der Waals surface area contributed by atoms with E-state index in [1.54, 1.807) is 12.3 Å². The normalized spacial score (nSPS) is 11.3. The number of nitrogens with zero attached hydrogens (tertiary/aromatic N) is 3. The van der Waals surface area contributed by atoms with Crippen LogP contribution < -0.4 is 10.9 Å². The smallest absolute Gasteiger partial charge is 0.274 e. The van der Waals surface area contributed by atoms with Gasteiger partial charge in [-0.05, 0) is 72.1 Å². The highest BCUT2D eigenvalue weighted by Gasteiger charge is 2.19. The number of nitrogens with one attached hydrogen (secondary N) is 1. The molecule has 0 spiro atoms. The van der Waals surface area contributed by atoms with Crippen LogP contribution in [0.4, 0.5) is 5.00 Å². The summed E-state index contributed by atoms with van der Waals surface area (Å²) in [4.78, 5) is 19.2. The number of hydrazine groups is 1. The Labute approximate surface area is 198 Å². The van der Waals surface area contributed by atoms with Crippen LogP contribution >= 0.6 is 23.1 Å². The van der Waals surface area contributed by atoms with Crippen LogP contribution in [0, 0.1) is 0 Å². The summed E-state index contributed by atoms with van der Waals surface area (Å²) in [5.74, 6) is 5.84. The first-order valence-electron chi connectivity index (χ1n) is 10.2. The zero-order valence-corrected chi connectivity index (χ0v) is 19.0. The van der Waals surface area contributed by atoms with Gasteiger partial charge in [-0.3, -0.25) is 14.9 Å². The van der Waals surface area contributed by atoms with Crippen molar-refractivity contribution >= 4 is 57.1 Å². The van der Waals surface area contributed by atoms with Crippen LogP contribution in [0.3, 0.4) is 0 Å². The molecule has 5 rings (SSSR count). The highest BCUT2D eigenvalue weighted by Crippen LogP contribution is 2.34. The monoisotopic (exact) mass is 469 g/mol. The summed E-state index contributed by atoms with van der Waals surface area (Å²) in [6, 6.07) is 23.1. The largest absolute Gasteiger partial charge is 0.277 e. The Morgan fingerprint density at radius 1 is 1.03 bits per heavy atom. The summed E-state index contributed by atoms with van der Waals surface area (Å²) < 4.78 is 0. The van der Waals surface area contributed by atoms with Crippen molar-refractivity contribution in [3.8, 4) is 0 Å². The van der Waals surface area contributed by atoms with Crippen LogP contribution in [0.25, 0.3) is 23.1 Å². The standard InChI is InChI=1S/C25H19N5OS2/c26-30(24-9-5-15-32-24)25(31)20-7-1-2-8-23(20)33-18-11-12-19-21(28-29-22(19)16-18)13-10-17-6-3-4-14-27-17/h1-16H,26H2,(H,28,29)/b13-10+. The van der Waals surface area contributed by atoms with Gasteiger partial charge in [0.1, 0.15) is 5.00 Å². The Balaban J connectivity index is 1.39. The van der Waals surface area contributed by atoms with E-state index in [1.165, 1.54) is 28.1 Å². The number of rotatable bonds is 6. The zero-order valence-electron chi connectivity index (χ0n) is 17.4. The maximum Gasteiger partial charge on any atom is 0.274 e. The number of aromatic nitrogens is 3. The van der Waals surface area contributed by atoms with Crippen molar-refractivity contribution in [2.75, 3.05) is 5.01 Å². The molecular weight excluding hydrogens is 450 g/mol. The molecule has 2 aromatic carbocycles. The molecular formula is C25H19N5OS2. The summed E-state index contributed by atoms with van der Waals surface area (Å²) in [7, 11) is 0. The average Bonchev–Trinajstić information content (AvgIpc) is 3.53. The number of thiophene rings is 1. The molecule has 8 heteroatoms. The van der Waals surface area contributed by atoms with Crippen molar-refractivity contribution in [1.29, 1.82) is 0 Å². The fourth-order valence-corrected chi connectivity index (χ4v) is 4.97. The van der Waals surface area contributed by atoms with Gasteiger partial charge in [0.25, 0.3) is 5.91 Å². The van der Waals surface area contributed by atoms with Gasteiger partial charge in [0.05, 0.1) is 22.5 Å². The maximum absolute atomic E-state index is 13.0. The number of hydrogen-bond acceptors (Lipinski definition) is 6. The van der Waals surface area contributed by atoms with E-state index in [2.05, 4.69) is 15.2 Å². The van der Waals surface area contributed by atoms with E-state index < -0.39 is 0 Å². The SMILES string of the molecule is NN(C(=O)c1ccccc1Sc1ccc2c(/C=C/c3ccccn3)n[nH]c2c1)c1cccs1. The molecule has 3 N–H and O–H groups in total. The molecule has 5 aromatic rings. The van der Waals surface area contributed by atoms with Gasteiger partial charge >= 0.3 is 0 Å². The second-order valence-electron chi connectivity index (χ2n) is 7.13. The molecule has 3 aromatic heterocycles. The van der Waals surface area contributed by atoms with E-state index in [-0.39, 0.29) is 5.91 Å². The number of nitrogens with two attached hydrogens (primary N) is 1. The number of fused-ring (bicyclic) bond motifs is 1. The molecule has 1 amide bonds. The first-order chi connectivity index (χ1) is 16.2. The van der Waals surface area contributed by atoms with Crippen LogP contribution in [0.5, 0.6) is 0 Å². The van der Waals surface area contributed by atoms with Gasteiger partial charge < -0.3 is 0 Å². The second-order valence-corrected chi connectivity index (χ2v) is 9.17. The van der Waals surface area contributed by atoms with Gasteiger partial charge in [0, 0.05) is 21.4 Å². The quantitative estimate of drug-likeness (QED) is 0.185. The van der Waals surface area contributed by atoms with E-state index >= 15 is 0 Å². The number of carbonyl (C=O) groups excluding carboxylic acids is 1. The number of aromatic amines is 1. The molecule has 0 fully saturated rings. The van der Waals surface area contributed by atoms with Gasteiger partial charge in [-0.1, -0.05) is 30.0 Å². The van der Waals surface area contributed by atoms with Gasteiger partial charge in [-0.25, -0.2) is 10.9 Å². The van der Waals surface area contributed by atoms with Crippen molar-refractivity contribution < 1.29 is 4.79 Å². The van der Waals surface area contributed by atoms with E-state index in [1.807, 2.05) is 84.3 Å². The number of amides is 1. The lowest BCUT2D eigenvalue weighted by Gasteiger charge is -2.16. The molecule has 0 bridgehead atoms. The molecule has 0 aliphatic heterocycles. The minimum Gasteiger partial charge on any atom is -0.277 e. The molecule has 0 aliphatic rings. The van der Waals surface area contributed by atoms with Crippen LogP contribution in [0.2, 0.25) is 0 Å². The summed E-state index contributed by atoms with van der Waals surface area (Å²) in [5.41, 5.74) is 3.20. The highest BCUT2D eigenvalue weighted by molar-refractivity contribution is 7.99. The first kappa shape index (κ1) is 21.1. The molecule has 6 nitrogen and oxygen atoms in total.